The molecule has 31 heavy (non-hydrogen) atoms. The number of carbonyl (C=O) groups excluding carboxylic acids is 1. The molecular weight excluding hydrogens is 436 g/mol. The number of aromatic nitrogens is 2. The molecule has 0 saturated heterocycles. The van der Waals surface area contributed by atoms with Gasteiger partial charge in [-0.3, -0.25) is 4.79 Å². The quantitative estimate of drug-likeness (QED) is 0.524. The molecule has 1 amide bonds. The van der Waals surface area contributed by atoms with Gasteiger partial charge in [-0.25, -0.2) is 4.39 Å². The van der Waals surface area contributed by atoms with Gasteiger partial charge >= 0.3 is 6.36 Å². The van der Waals surface area contributed by atoms with Crippen LogP contribution in [0.5, 0.6) is 5.75 Å². The van der Waals surface area contributed by atoms with Crippen molar-refractivity contribution in [3.8, 4) is 16.3 Å². The minimum atomic E-state index is -4.81. The van der Waals surface area contributed by atoms with E-state index < -0.39 is 18.2 Å². The standard InChI is InChI=1S/C20H18F4N4O2S/c1-11(29)26-17(8-12-5-6-14(10-25)16(21)7-12)19-28-27-18(31-19)13-3-2-4-15(9-13)30-20(22,23)24/h2-7,9,17H,8,10,25H2,1H3,(H,26,29)/t17-/m0/s1. The largest absolute Gasteiger partial charge is 0.573 e. The van der Waals surface area contributed by atoms with Gasteiger partial charge in [-0.1, -0.05) is 35.6 Å². The molecule has 3 rings (SSSR count). The summed E-state index contributed by atoms with van der Waals surface area (Å²) in [4.78, 5) is 11.7. The Morgan fingerprint density at radius 2 is 2.00 bits per heavy atom. The maximum atomic E-state index is 14.1. The maximum Gasteiger partial charge on any atom is 0.573 e. The first-order valence-corrected chi connectivity index (χ1v) is 9.90. The Morgan fingerprint density at radius 3 is 2.65 bits per heavy atom. The van der Waals surface area contributed by atoms with Crippen molar-refractivity contribution >= 4 is 17.2 Å². The molecule has 0 bridgehead atoms. The Bertz CT molecular complexity index is 1070. The van der Waals surface area contributed by atoms with Crippen LogP contribution in [0.2, 0.25) is 0 Å². The summed E-state index contributed by atoms with van der Waals surface area (Å²) in [5.41, 5.74) is 6.85. The third kappa shape index (κ3) is 6.22. The summed E-state index contributed by atoms with van der Waals surface area (Å²) in [6, 6.07) is 9.39. The van der Waals surface area contributed by atoms with E-state index in [9.17, 15) is 22.4 Å². The molecule has 2 aromatic carbocycles. The molecule has 0 fully saturated rings. The number of carbonyl (C=O) groups is 1. The molecule has 0 radical (unpaired) electrons. The first-order valence-electron chi connectivity index (χ1n) is 9.08. The molecular formula is C20H18F4N4O2S. The molecule has 0 unspecified atom stereocenters. The third-order valence-corrected chi connectivity index (χ3v) is 5.29. The highest BCUT2D eigenvalue weighted by Gasteiger charge is 2.31. The lowest BCUT2D eigenvalue weighted by atomic mass is 10.0. The summed E-state index contributed by atoms with van der Waals surface area (Å²) in [6.07, 6.45) is -4.57. The van der Waals surface area contributed by atoms with Crippen molar-refractivity contribution in [3.05, 3.63) is 64.4 Å². The number of rotatable bonds is 7. The van der Waals surface area contributed by atoms with E-state index >= 15 is 0 Å². The fourth-order valence-electron chi connectivity index (χ4n) is 2.88. The molecule has 1 atom stereocenters. The van der Waals surface area contributed by atoms with Gasteiger partial charge in [0, 0.05) is 24.6 Å². The highest BCUT2D eigenvalue weighted by molar-refractivity contribution is 7.14. The summed E-state index contributed by atoms with van der Waals surface area (Å²) in [5, 5.41) is 11.6. The Morgan fingerprint density at radius 1 is 1.23 bits per heavy atom. The van der Waals surface area contributed by atoms with Gasteiger partial charge in [0.15, 0.2) is 0 Å². The lowest BCUT2D eigenvalue weighted by Crippen LogP contribution is -2.27. The fourth-order valence-corrected chi connectivity index (χ4v) is 3.77. The monoisotopic (exact) mass is 454 g/mol. The molecule has 0 spiro atoms. The van der Waals surface area contributed by atoms with Gasteiger partial charge in [-0.05, 0) is 30.2 Å². The maximum absolute atomic E-state index is 14.1. The second-order valence-electron chi connectivity index (χ2n) is 6.61. The number of hydrogen-bond acceptors (Lipinski definition) is 6. The van der Waals surface area contributed by atoms with Crippen molar-refractivity contribution in [3.63, 3.8) is 0 Å². The molecule has 3 N–H and O–H groups in total. The zero-order chi connectivity index (χ0) is 22.6. The molecule has 0 aliphatic carbocycles. The number of nitrogens with zero attached hydrogens (tertiary/aromatic N) is 2. The number of halogens is 4. The molecule has 0 aliphatic heterocycles. The van der Waals surface area contributed by atoms with Crippen LogP contribution in [0.1, 0.15) is 29.1 Å². The number of nitrogens with one attached hydrogen (secondary N) is 1. The topological polar surface area (TPSA) is 90.1 Å². The van der Waals surface area contributed by atoms with E-state index in [1.165, 1.54) is 31.2 Å². The van der Waals surface area contributed by atoms with Crippen LogP contribution in [0.15, 0.2) is 42.5 Å². The highest BCUT2D eigenvalue weighted by atomic mass is 32.1. The normalized spacial score (nSPS) is 12.5. The zero-order valence-electron chi connectivity index (χ0n) is 16.2. The average molecular weight is 454 g/mol. The van der Waals surface area contributed by atoms with E-state index in [4.69, 9.17) is 5.73 Å². The van der Waals surface area contributed by atoms with Crippen LogP contribution in [0.3, 0.4) is 0 Å². The van der Waals surface area contributed by atoms with E-state index in [-0.39, 0.29) is 24.6 Å². The van der Waals surface area contributed by atoms with Crippen LogP contribution in [0.25, 0.3) is 10.6 Å². The van der Waals surface area contributed by atoms with E-state index in [0.29, 0.717) is 26.7 Å². The Labute approximate surface area is 179 Å². The molecule has 0 aliphatic rings. The summed E-state index contributed by atoms with van der Waals surface area (Å²) >= 11 is 1.11. The lowest BCUT2D eigenvalue weighted by molar-refractivity contribution is -0.274. The van der Waals surface area contributed by atoms with Gasteiger partial charge in [-0.2, -0.15) is 0 Å². The molecule has 0 saturated carbocycles. The van der Waals surface area contributed by atoms with Gasteiger partial charge < -0.3 is 15.8 Å². The van der Waals surface area contributed by atoms with Gasteiger partial charge in [0.25, 0.3) is 0 Å². The number of hydrogen-bond donors (Lipinski definition) is 2. The number of ether oxygens (including phenoxy) is 1. The van der Waals surface area contributed by atoms with Crippen molar-refractivity contribution in [2.75, 3.05) is 0 Å². The smallest absolute Gasteiger partial charge is 0.406 e. The first-order chi connectivity index (χ1) is 14.6. The average Bonchev–Trinajstić information content (AvgIpc) is 3.16. The SMILES string of the molecule is CC(=O)N[C@@H](Cc1ccc(CN)c(F)c1)c1nnc(-c2cccc(OC(F)(F)F)c2)s1. The summed E-state index contributed by atoms with van der Waals surface area (Å²) < 4.78 is 55.4. The van der Waals surface area contributed by atoms with Gasteiger partial charge in [0.1, 0.15) is 21.6 Å². The second-order valence-corrected chi connectivity index (χ2v) is 7.62. The van der Waals surface area contributed by atoms with Crippen molar-refractivity contribution < 1.29 is 27.1 Å². The van der Waals surface area contributed by atoms with Crippen molar-refractivity contribution in [1.82, 2.24) is 15.5 Å². The molecule has 6 nitrogen and oxygen atoms in total. The van der Waals surface area contributed by atoms with Crippen molar-refractivity contribution in [2.24, 2.45) is 5.73 Å². The van der Waals surface area contributed by atoms with Crippen LogP contribution >= 0.6 is 11.3 Å². The number of benzene rings is 2. The molecule has 3 aromatic rings. The summed E-state index contributed by atoms with van der Waals surface area (Å²) in [6.45, 7) is 1.41. The lowest BCUT2D eigenvalue weighted by Gasteiger charge is -2.15. The molecule has 164 valence electrons. The summed E-state index contributed by atoms with van der Waals surface area (Å²) in [7, 11) is 0. The van der Waals surface area contributed by atoms with Crippen LogP contribution in [0, 0.1) is 5.82 Å². The van der Waals surface area contributed by atoms with Gasteiger partial charge in [0.2, 0.25) is 5.91 Å². The minimum Gasteiger partial charge on any atom is -0.406 e. The Balaban J connectivity index is 1.85. The van der Waals surface area contributed by atoms with E-state index in [0.717, 1.165) is 11.3 Å². The van der Waals surface area contributed by atoms with Crippen molar-refractivity contribution in [2.45, 2.75) is 32.3 Å². The van der Waals surface area contributed by atoms with Crippen LogP contribution in [-0.4, -0.2) is 22.5 Å². The van der Waals surface area contributed by atoms with E-state index in [1.54, 1.807) is 18.2 Å². The molecule has 1 aromatic heterocycles. The zero-order valence-corrected chi connectivity index (χ0v) is 17.1. The van der Waals surface area contributed by atoms with Gasteiger partial charge in [0.05, 0.1) is 6.04 Å². The van der Waals surface area contributed by atoms with E-state index in [2.05, 4.69) is 20.3 Å². The fraction of sp³-hybridized carbons (Fsp3) is 0.250. The second kappa shape index (κ2) is 9.40. The highest BCUT2D eigenvalue weighted by Crippen LogP contribution is 2.32. The molecule has 11 heteroatoms. The van der Waals surface area contributed by atoms with Crippen LogP contribution in [0.4, 0.5) is 17.6 Å². The third-order valence-electron chi connectivity index (χ3n) is 4.21. The predicted octanol–water partition coefficient (Wildman–Crippen LogP) is 4.12. The van der Waals surface area contributed by atoms with Gasteiger partial charge in [-0.15, -0.1) is 23.4 Å². The Hall–Kier alpha value is -3.05. The van der Waals surface area contributed by atoms with Crippen LogP contribution in [-0.2, 0) is 17.8 Å². The van der Waals surface area contributed by atoms with Crippen LogP contribution < -0.4 is 15.8 Å². The number of amides is 1. The molecule has 1 heterocycles. The van der Waals surface area contributed by atoms with Crippen molar-refractivity contribution in [1.29, 1.82) is 0 Å². The van der Waals surface area contributed by atoms with E-state index in [1.807, 2.05) is 0 Å². The predicted molar refractivity (Wildman–Crippen MR) is 107 cm³/mol. The number of alkyl halides is 3. The summed E-state index contributed by atoms with van der Waals surface area (Å²) in [5.74, 6) is -1.14. The first kappa shape index (κ1) is 22.6. The minimum absolute atomic E-state index is 0.0676. The number of nitrogens with two attached hydrogens (primary N) is 1. The Kier molecular flexibility index (Phi) is 6.86.